The summed E-state index contributed by atoms with van der Waals surface area (Å²) in [6.45, 7) is 0.109. The summed E-state index contributed by atoms with van der Waals surface area (Å²) in [6.07, 6.45) is 0. The molecule has 11 heteroatoms. The van der Waals surface area contributed by atoms with Crippen molar-refractivity contribution in [1.29, 1.82) is 0 Å². The SMILES string of the molecule is Cn1c(=O)c(C(=O)CSc2nnc(-c3ccc(F)cc3)o2)c(N)n(Cc2ccccc2)c1=O. The summed E-state index contributed by atoms with van der Waals surface area (Å²) >= 11 is 0.924. The number of thioether (sulfide) groups is 1. The molecule has 2 heterocycles. The highest BCUT2D eigenvalue weighted by Gasteiger charge is 2.22. The monoisotopic (exact) mass is 467 g/mol. The molecule has 33 heavy (non-hydrogen) atoms. The van der Waals surface area contributed by atoms with Crippen molar-refractivity contribution in [3.63, 3.8) is 0 Å². The zero-order valence-corrected chi connectivity index (χ0v) is 18.2. The summed E-state index contributed by atoms with van der Waals surface area (Å²) in [5, 5.41) is 7.84. The van der Waals surface area contributed by atoms with Crippen LogP contribution in [0.15, 0.2) is 73.8 Å². The van der Waals surface area contributed by atoms with E-state index in [-0.39, 0.29) is 34.8 Å². The molecule has 0 aliphatic carbocycles. The number of halogens is 1. The van der Waals surface area contributed by atoms with Crippen molar-refractivity contribution >= 4 is 23.4 Å². The van der Waals surface area contributed by atoms with Crippen molar-refractivity contribution in [2.45, 2.75) is 11.8 Å². The van der Waals surface area contributed by atoms with E-state index >= 15 is 0 Å². The first-order valence-electron chi connectivity index (χ1n) is 9.74. The first-order chi connectivity index (χ1) is 15.8. The third-order valence-corrected chi connectivity index (χ3v) is 5.69. The van der Waals surface area contributed by atoms with Crippen molar-refractivity contribution < 1.29 is 13.6 Å². The number of anilines is 1. The number of hydrogen-bond acceptors (Lipinski definition) is 8. The van der Waals surface area contributed by atoms with Gasteiger partial charge < -0.3 is 10.2 Å². The molecule has 4 rings (SSSR count). The van der Waals surface area contributed by atoms with Gasteiger partial charge in [0.05, 0.1) is 12.3 Å². The Balaban J connectivity index is 1.56. The number of rotatable bonds is 7. The Morgan fingerprint density at radius 2 is 1.79 bits per heavy atom. The minimum Gasteiger partial charge on any atom is -0.411 e. The van der Waals surface area contributed by atoms with Crippen LogP contribution in [0.4, 0.5) is 10.2 Å². The van der Waals surface area contributed by atoms with Gasteiger partial charge in [-0.15, -0.1) is 10.2 Å². The molecular formula is C22H18FN5O4S. The molecule has 0 amide bonds. The zero-order valence-electron chi connectivity index (χ0n) is 17.4. The van der Waals surface area contributed by atoms with E-state index in [2.05, 4.69) is 10.2 Å². The Labute approximate surface area is 190 Å². The molecule has 168 valence electrons. The largest absolute Gasteiger partial charge is 0.411 e. The fourth-order valence-electron chi connectivity index (χ4n) is 3.14. The molecule has 0 aliphatic heterocycles. The Morgan fingerprint density at radius 1 is 1.09 bits per heavy atom. The van der Waals surface area contributed by atoms with Crippen LogP contribution in [0.25, 0.3) is 11.5 Å². The second-order valence-corrected chi connectivity index (χ2v) is 8.00. The number of benzene rings is 2. The number of hydrogen-bond donors (Lipinski definition) is 1. The first-order valence-corrected chi connectivity index (χ1v) is 10.7. The van der Waals surface area contributed by atoms with Gasteiger partial charge in [0, 0.05) is 12.6 Å². The maximum absolute atomic E-state index is 13.1. The van der Waals surface area contributed by atoms with E-state index in [1.165, 1.54) is 35.9 Å². The van der Waals surface area contributed by atoms with Crippen LogP contribution in [0, 0.1) is 5.82 Å². The highest BCUT2D eigenvalue weighted by Crippen LogP contribution is 2.24. The van der Waals surface area contributed by atoms with Crippen molar-refractivity contribution in [3.05, 3.63) is 92.4 Å². The highest BCUT2D eigenvalue weighted by atomic mass is 32.2. The van der Waals surface area contributed by atoms with Gasteiger partial charge in [0.1, 0.15) is 17.2 Å². The molecule has 9 nitrogen and oxygen atoms in total. The van der Waals surface area contributed by atoms with Crippen LogP contribution >= 0.6 is 11.8 Å². The number of carbonyl (C=O) groups excluding carboxylic acids is 1. The molecule has 0 saturated carbocycles. The number of nitrogens with two attached hydrogens (primary N) is 1. The van der Waals surface area contributed by atoms with Crippen LogP contribution in [-0.4, -0.2) is 30.9 Å². The van der Waals surface area contributed by atoms with Crippen LogP contribution in [0.2, 0.25) is 0 Å². The fraction of sp³-hybridized carbons (Fsp3) is 0.136. The van der Waals surface area contributed by atoms with Crippen molar-refractivity contribution in [2.75, 3.05) is 11.5 Å². The molecule has 0 atom stereocenters. The number of Topliss-reactive ketones (excluding diaryl/α,β-unsaturated/α-hetero) is 1. The lowest BCUT2D eigenvalue weighted by molar-refractivity contribution is 0.102. The molecule has 0 radical (unpaired) electrons. The van der Waals surface area contributed by atoms with Crippen LogP contribution in [0.5, 0.6) is 0 Å². The highest BCUT2D eigenvalue weighted by molar-refractivity contribution is 7.99. The maximum atomic E-state index is 13.1. The molecule has 0 spiro atoms. The second-order valence-electron chi connectivity index (χ2n) is 7.07. The van der Waals surface area contributed by atoms with E-state index in [4.69, 9.17) is 10.2 Å². The van der Waals surface area contributed by atoms with Gasteiger partial charge in [-0.2, -0.15) is 0 Å². The van der Waals surface area contributed by atoms with Gasteiger partial charge in [-0.25, -0.2) is 9.18 Å². The number of ketones is 1. The van der Waals surface area contributed by atoms with Gasteiger partial charge in [-0.1, -0.05) is 42.1 Å². The normalized spacial score (nSPS) is 11.0. The summed E-state index contributed by atoms with van der Waals surface area (Å²) in [5.74, 6) is -1.23. The van der Waals surface area contributed by atoms with E-state index in [1.54, 1.807) is 0 Å². The second kappa shape index (κ2) is 9.25. The Morgan fingerprint density at radius 3 is 2.48 bits per heavy atom. The predicted molar refractivity (Wildman–Crippen MR) is 121 cm³/mol. The lowest BCUT2D eigenvalue weighted by atomic mass is 10.2. The Kier molecular flexibility index (Phi) is 6.22. The molecule has 2 aromatic heterocycles. The molecule has 0 saturated heterocycles. The van der Waals surface area contributed by atoms with Crippen molar-refractivity contribution in [1.82, 2.24) is 19.3 Å². The molecule has 0 aliphatic rings. The standard InChI is InChI=1S/C22H18FN5O4S/c1-27-20(30)17(18(24)28(22(27)31)11-13-5-3-2-4-6-13)16(29)12-33-21-26-25-19(32-21)14-7-9-15(23)10-8-14/h2-10H,11-12,24H2,1H3. The van der Waals surface area contributed by atoms with E-state index in [0.717, 1.165) is 21.9 Å². The van der Waals surface area contributed by atoms with E-state index < -0.39 is 22.8 Å². The van der Waals surface area contributed by atoms with Crippen LogP contribution in [0.1, 0.15) is 15.9 Å². The van der Waals surface area contributed by atoms with Gasteiger partial charge in [-0.3, -0.25) is 18.7 Å². The lowest BCUT2D eigenvalue weighted by Gasteiger charge is -2.14. The number of nitrogens with zero attached hydrogens (tertiary/aromatic N) is 4. The zero-order chi connectivity index (χ0) is 23.5. The minimum atomic E-state index is -0.773. The molecule has 0 unspecified atom stereocenters. The summed E-state index contributed by atoms with van der Waals surface area (Å²) < 4.78 is 20.6. The summed E-state index contributed by atoms with van der Waals surface area (Å²) in [7, 11) is 1.29. The minimum absolute atomic E-state index is 0.0932. The number of aromatic nitrogens is 4. The third kappa shape index (κ3) is 4.62. The maximum Gasteiger partial charge on any atom is 0.332 e. The summed E-state index contributed by atoms with van der Waals surface area (Å²) in [5.41, 5.74) is 5.74. The topological polar surface area (TPSA) is 126 Å². The summed E-state index contributed by atoms with van der Waals surface area (Å²) in [4.78, 5) is 38.1. The van der Waals surface area contributed by atoms with Crippen LogP contribution < -0.4 is 17.0 Å². The molecule has 2 aromatic carbocycles. The van der Waals surface area contributed by atoms with Crippen LogP contribution in [0.3, 0.4) is 0 Å². The molecule has 0 bridgehead atoms. The predicted octanol–water partition coefficient (Wildman–Crippen LogP) is 2.34. The average Bonchev–Trinajstić information content (AvgIpc) is 3.29. The third-order valence-electron chi connectivity index (χ3n) is 4.87. The first kappa shape index (κ1) is 22.2. The number of carbonyl (C=O) groups is 1. The van der Waals surface area contributed by atoms with Gasteiger partial charge in [0.15, 0.2) is 5.78 Å². The fourth-order valence-corrected chi connectivity index (χ4v) is 3.78. The molecular weight excluding hydrogens is 449 g/mol. The average molecular weight is 467 g/mol. The smallest absolute Gasteiger partial charge is 0.332 e. The van der Waals surface area contributed by atoms with E-state index in [1.807, 2.05) is 30.3 Å². The van der Waals surface area contributed by atoms with Gasteiger partial charge in [-0.05, 0) is 29.8 Å². The molecule has 4 aromatic rings. The molecule has 0 fully saturated rings. The quantitative estimate of drug-likeness (QED) is 0.324. The van der Waals surface area contributed by atoms with Gasteiger partial charge in [0.25, 0.3) is 10.8 Å². The Hall–Kier alpha value is -3.99. The summed E-state index contributed by atoms with van der Waals surface area (Å²) in [6, 6.07) is 14.6. The Bertz CT molecular complexity index is 1430. The van der Waals surface area contributed by atoms with E-state index in [0.29, 0.717) is 5.56 Å². The lowest BCUT2D eigenvalue weighted by Crippen LogP contribution is -2.43. The number of nitrogen functional groups attached to an aromatic ring is 1. The van der Waals surface area contributed by atoms with Crippen molar-refractivity contribution in [2.24, 2.45) is 7.05 Å². The van der Waals surface area contributed by atoms with Gasteiger partial charge in [0.2, 0.25) is 5.89 Å². The molecule has 2 N–H and O–H groups in total. The van der Waals surface area contributed by atoms with Crippen molar-refractivity contribution in [3.8, 4) is 11.5 Å². The van der Waals surface area contributed by atoms with E-state index in [9.17, 15) is 18.8 Å². The van der Waals surface area contributed by atoms with Crippen LogP contribution in [-0.2, 0) is 13.6 Å². The van der Waals surface area contributed by atoms with Gasteiger partial charge >= 0.3 is 5.69 Å².